The Morgan fingerprint density at radius 1 is 1.17 bits per heavy atom. The number of amides is 1. The Bertz CT molecular complexity index is 962. The fraction of sp³-hybridized carbons (Fsp3) is 0.381. The predicted molar refractivity (Wildman–Crippen MR) is 111 cm³/mol. The Morgan fingerprint density at radius 2 is 1.87 bits per heavy atom. The Balaban J connectivity index is 1.45. The third-order valence-corrected chi connectivity index (χ3v) is 6.02. The summed E-state index contributed by atoms with van der Waals surface area (Å²) in [5.74, 6) is 1.75. The lowest BCUT2D eigenvalue weighted by molar-refractivity contribution is -0.131. The fourth-order valence-corrected chi connectivity index (χ4v) is 4.04. The van der Waals surface area contributed by atoms with Crippen LogP contribution in [0.5, 0.6) is 17.2 Å². The van der Waals surface area contributed by atoms with E-state index < -0.39 is 10.0 Å². The molecule has 2 aromatic rings. The first-order chi connectivity index (χ1) is 14.4. The predicted octanol–water partition coefficient (Wildman–Crippen LogP) is 2.05. The van der Waals surface area contributed by atoms with Gasteiger partial charge in [0.15, 0.2) is 17.6 Å². The maximum atomic E-state index is 12.4. The largest absolute Gasteiger partial charge is 0.494 e. The number of sulfonamides is 1. The van der Waals surface area contributed by atoms with E-state index in [2.05, 4.69) is 4.72 Å². The number of carbonyl (C=O) groups is 1. The highest BCUT2D eigenvalue weighted by molar-refractivity contribution is 7.89. The van der Waals surface area contributed by atoms with Crippen LogP contribution in [0.1, 0.15) is 13.3 Å². The van der Waals surface area contributed by atoms with Crippen LogP contribution in [-0.2, 0) is 14.8 Å². The summed E-state index contributed by atoms with van der Waals surface area (Å²) < 4.78 is 44.0. The number of rotatable bonds is 9. The molecule has 3 rings (SSSR count). The first kappa shape index (κ1) is 21.9. The summed E-state index contributed by atoms with van der Waals surface area (Å²) in [6.07, 6.45) is -0.244. The summed E-state index contributed by atoms with van der Waals surface area (Å²) >= 11 is 0. The highest BCUT2D eigenvalue weighted by Gasteiger charge is 2.24. The van der Waals surface area contributed by atoms with E-state index >= 15 is 0 Å². The van der Waals surface area contributed by atoms with E-state index in [0.717, 1.165) is 0 Å². The molecule has 30 heavy (non-hydrogen) atoms. The van der Waals surface area contributed by atoms with Crippen molar-refractivity contribution in [2.75, 3.05) is 33.4 Å². The molecular weight excluding hydrogens is 408 g/mol. The van der Waals surface area contributed by atoms with E-state index in [-0.39, 0.29) is 29.9 Å². The number of ether oxygens (including phenoxy) is 3. The molecule has 0 fully saturated rings. The second kappa shape index (κ2) is 9.82. The number of nitrogens with one attached hydrogen (secondary N) is 1. The van der Waals surface area contributed by atoms with Gasteiger partial charge in [0.1, 0.15) is 12.4 Å². The number of likely N-dealkylation sites (N-methyl/N-ethyl adjacent to an activating group) is 1. The maximum Gasteiger partial charge on any atom is 0.240 e. The van der Waals surface area contributed by atoms with E-state index in [1.54, 1.807) is 19.2 Å². The number of nitrogens with zero attached hydrogens (tertiary/aromatic N) is 1. The minimum Gasteiger partial charge on any atom is -0.494 e. The lowest BCUT2D eigenvalue weighted by atomic mass is 10.2. The van der Waals surface area contributed by atoms with Gasteiger partial charge in [-0.05, 0) is 43.3 Å². The molecule has 1 amide bonds. The molecule has 1 aliphatic heterocycles. The first-order valence-electron chi connectivity index (χ1n) is 9.74. The van der Waals surface area contributed by atoms with Gasteiger partial charge in [0.25, 0.3) is 0 Å². The molecule has 0 saturated carbocycles. The first-order valence-corrected chi connectivity index (χ1v) is 11.2. The summed E-state index contributed by atoms with van der Waals surface area (Å²) in [7, 11) is -2.04. The number of carbonyl (C=O) groups excluding carboxylic acids is 1. The van der Waals surface area contributed by atoms with Crippen LogP contribution in [-0.4, -0.2) is 58.7 Å². The van der Waals surface area contributed by atoms with E-state index in [9.17, 15) is 13.2 Å². The van der Waals surface area contributed by atoms with Crippen LogP contribution in [0.3, 0.4) is 0 Å². The van der Waals surface area contributed by atoms with Gasteiger partial charge in [-0.3, -0.25) is 4.79 Å². The fourth-order valence-electron chi connectivity index (χ4n) is 3.01. The topological polar surface area (TPSA) is 94.2 Å². The standard InChI is InChI=1S/C21H26N2O6S/c1-3-27-16-8-10-18(11-9-16)30(25,26)22-13-12-21(24)23(2)14-17-15-28-19-6-4-5-7-20(19)29-17/h4-11,17,22H,3,12-15H2,1-2H3. The molecule has 1 unspecified atom stereocenters. The molecule has 2 aromatic carbocycles. The normalized spacial score (nSPS) is 15.5. The molecule has 0 radical (unpaired) electrons. The van der Waals surface area contributed by atoms with Gasteiger partial charge in [-0.2, -0.15) is 0 Å². The molecule has 1 N–H and O–H groups in total. The van der Waals surface area contributed by atoms with Gasteiger partial charge in [-0.1, -0.05) is 12.1 Å². The molecule has 1 heterocycles. The van der Waals surface area contributed by atoms with Crippen molar-refractivity contribution in [1.29, 1.82) is 0 Å². The van der Waals surface area contributed by atoms with E-state index in [4.69, 9.17) is 14.2 Å². The smallest absolute Gasteiger partial charge is 0.240 e. The molecular formula is C21H26N2O6S. The number of hydrogen-bond acceptors (Lipinski definition) is 6. The zero-order valence-electron chi connectivity index (χ0n) is 17.0. The lowest BCUT2D eigenvalue weighted by Gasteiger charge is -2.29. The Labute approximate surface area is 176 Å². The molecule has 0 aromatic heterocycles. The third kappa shape index (κ3) is 5.64. The summed E-state index contributed by atoms with van der Waals surface area (Å²) in [6, 6.07) is 13.5. The summed E-state index contributed by atoms with van der Waals surface area (Å²) in [6.45, 7) is 3.05. The zero-order valence-corrected chi connectivity index (χ0v) is 17.9. The van der Waals surface area contributed by atoms with Gasteiger partial charge in [-0.15, -0.1) is 0 Å². The van der Waals surface area contributed by atoms with Crippen LogP contribution in [0, 0.1) is 0 Å². The molecule has 0 bridgehead atoms. The van der Waals surface area contributed by atoms with Crippen LogP contribution in [0.15, 0.2) is 53.4 Å². The number of hydrogen-bond donors (Lipinski definition) is 1. The molecule has 162 valence electrons. The van der Waals surface area contributed by atoms with Crippen LogP contribution in [0.2, 0.25) is 0 Å². The lowest BCUT2D eigenvalue weighted by Crippen LogP contribution is -2.42. The second-order valence-electron chi connectivity index (χ2n) is 6.82. The minimum absolute atomic E-state index is 0.00355. The van der Waals surface area contributed by atoms with E-state index in [1.807, 2.05) is 31.2 Å². The van der Waals surface area contributed by atoms with Crippen molar-refractivity contribution in [1.82, 2.24) is 9.62 Å². The van der Waals surface area contributed by atoms with E-state index in [1.165, 1.54) is 17.0 Å². The molecule has 0 aliphatic carbocycles. The molecule has 0 spiro atoms. The number of fused-ring (bicyclic) bond motifs is 1. The second-order valence-corrected chi connectivity index (χ2v) is 8.59. The SMILES string of the molecule is CCOc1ccc(S(=O)(=O)NCCC(=O)N(C)CC2COc3ccccc3O2)cc1. The van der Waals surface area contributed by atoms with Gasteiger partial charge in [0.05, 0.1) is 18.0 Å². The Kier molecular flexibility index (Phi) is 7.17. The highest BCUT2D eigenvalue weighted by Crippen LogP contribution is 2.30. The van der Waals surface area contributed by atoms with Gasteiger partial charge in [0.2, 0.25) is 15.9 Å². The van der Waals surface area contributed by atoms with Crippen LogP contribution >= 0.6 is 0 Å². The number of benzene rings is 2. The Hall–Kier alpha value is -2.78. The Morgan fingerprint density at radius 3 is 2.57 bits per heavy atom. The maximum absolute atomic E-state index is 12.4. The van der Waals surface area contributed by atoms with Gasteiger partial charge in [0, 0.05) is 20.0 Å². The molecule has 8 nitrogen and oxygen atoms in total. The average Bonchev–Trinajstić information content (AvgIpc) is 2.74. The number of para-hydroxylation sites is 2. The van der Waals surface area contributed by atoms with Crippen LogP contribution < -0.4 is 18.9 Å². The molecule has 9 heteroatoms. The van der Waals surface area contributed by atoms with Crippen molar-refractivity contribution in [3.63, 3.8) is 0 Å². The third-order valence-electron chi connectivity index (χ3n) is 4.55. The average molecular weight is 435 g/mol. The van der Waals surface area contributed by atoms with Crippen molar-refractivity contribution in [3.8, 4) is 17.2 Å². The molecule has 1 atom stereocenters. The van der Waals surface area contributed by atoms with Gasteiger partial charge >= 0.3 is 0 Å². The van der Waals surface area contributed by atoms with Crippen molar-refractivity contribution < 1.29 is 27.4 Å². The minimum atomic E-state index is -3.69. The molecule has 1 aliphatic rings. The van der Waals surface area contributed by atoms with Crippen molar-refractivity contribution in [2.24, 2.45) is 0 Å². The van der Waals surface area contributed by atoms with Crippen LogP contribution in [0.25, 0.3) is 0 Å². The van der Waals surface area contributed by atoms with Crippen molar-refractivity contribution in [3.05, 3.63) is 48.5 Å². The van der Waals surface area contributed by atoms with Crippen molar-refractivity contribution >= 4 is 15.9 Å². The summed E-state index contributed by atoms with van der Waals surface area (Å²) in [4.78, 5) is 14.0. The van der Waals surface area contributed by atoms with Crippen LogP contribution in [0.4, 0.5) is 0 Å². The van der Waals surface area contributed by atoms with Gasteiger partial charge < -0.3 is 19.1 Å². The summed E-state index contributed by atoms with van der Waals surface area (Å²) in [5, 5.41) is 0. The van der Waals surface area contributed by atoms with Gasteiger partial charge in [-0.25, -0.2) is 13.1 Å². The highest BCUT2D eigenvalue weighted by atomic mass is 32.2. The van der Waals surface area contributed by atoms with E-state index in [0.29, 0.717) is 37.0 Å². The van der Waals surface area contributed by atoms with Crippen molar-refractivity contribution in [2.45, 2.75) is 24.3 Å². The molecule has 0 saturated heterocycles. The quantitative estimate of drug-likeness (QED) is 0.649. The monoisotopic (exact) mass is 434 g/mol. The summed E-state index contributed by atoms with van der Waals surface area (Å²) in [5.41, 5.74) is 0. The zero-order chi connectivity index (χ0) is 21.6.